The highest BCUT2D eigenvalue weighted by atomic mass is 16.5. The second kappa shape index (κ2) is 6.96. The van der Waals surface area contributed by atoms with Crippen LogP contribution in [0.25, 0.3) is 0 Å². The van der Waals surface area contributed by atoms with E-state index in [4.69, 9.17) is 10.5 Å². The van der Waals surface area contributed by atoms with Crippen LogP contribution in [0.5, 0.6) is 5.75 Å². The lowest BCUT2D eigenvalue weighted by Crippen LogP contribution is -2.33. The first-order valence-corrected chi connectivity index (χ1v) is 6.95. The highest BCUT2D eigenvalue weighted by Gasteiger charge is 2.18. The quantitative estimate of drug-likeness (QED) is 0.876. The molecule has 0 saturated carbocycles. The SMILES string of the molecule is CCN(c1ccccc1)C(CN)c1ccc(OC)cc1. The molecule has 0 aromatic heterocycles. The van der Waals surface area contributed by atoms with Crippen LogP contribution >= 0.6 is 0 Å². The van der Waals surface area contributed by atoms with Gasteiger partial charge in [-0.05, 0) is 36.8 Å². The molecule has 106 valence electrons. The Morgan fingerprint density at radius 3 is 2.20 bits per heavy atom. The molecule has 0 aliphatic heterocycles. The number of hydrogen-bond donors (Lipinski definition) is 1. The molecule has 0 fully saturated rings. The molecule has 2 aromatic carbocycles. The molecule has 0 aliphatic carbocycles. The summed E-state index contributed by atoms with van der Waals surface area (Å²) in [5.74, 6) is 0.868. The average Bonchev–Trinajstić information content (AvgIpc) is 2.53. The highest BCUT2D eigenvalue weighted by molar-refractivity contribution is 5.49. The van der Waals surface area contributed by atoms with Gasteiger partial charge in [0, 0.05) is 18.8 Å². The molecule has 2 rings (SSSR count). The molecule has 0 radical (unpaired) electrons. The number of methoxy groups -OCH3 is 1. The number of benzene rings is 2. The second-order valence-corrected chi connectivity index (χ2v) is 4.65. The molecule has 3 heteroatoms. The zero-order valence-corrected chi connectivity index (χ0v) is 12.1. The van der Waals surface area contributed by atoms with E-state index in [2.05, 4.69) is 48.2 Å². The van der Waals surface area contributed by atoms with Crippen LogP contribution in [-0.2, 0) is 0 Å². The van der Waals surface area contributed by atoms with E-state index in [1.165, 1.54) is 11.3 Å². The van der Waals surface area contributed by atoms with Crippen LogP contribution in [-0.4, -0.2) is 20.2 Å². The number of ether oxygens (including phenoxy) is 1. The number of para-hydroxylation sites is 1. The lowest BCUT2D eigenvalue weighted by molar-refractivity contribution is 0.414. The van der Waals surface area contributed by atoms with Gasteiger partial charge in [0.2, 0.25) is 0 Å². The predicted octanol–water partition coefficient (Wildman–Crippen LogP) is 3.22. The first-order chi connectivity index (χ1) is 9.80. The number of nitrogens with zero attached hydrogens (tertiary/aromatic N) is 1. The van der Waals surface area contributed by atoms with Gasteiger partial charge in [-0.25, -0.2) is 0 Å². The van der Waals surface area contributed by atoms with Crippen molar-refractivity contribution >= 4 is 5.69 Å². The summed E-state index contributed by atoms with van der Waals surface area (Å²) in [4.78, 5) is 2.32. The lowest BCUT2D eigenvalue weighted by Gasteiger charge is -2.32. The topological polar surface area (TPSA) is 38.5 Å². The van der Waals surface area contributed by atoms with E-state index in [9.17, 15) is 0 Å². The van der Waals surface area contributed by atoms with Gasteiger partial charge in [0.25, 0.3) is 0 Å². The smallest absolute Gasteiger partial charge is 0.118 e. The van der Waals surface area contributed by atoms with Crippen LogP contribution in [0.4, 0.5) is 5.69 Å². The zero-order chi connectivity index (χ0) is 14.4. The fraction of sp³-hybridized carbons (Fsp3) is 0.294. The molecule has 1 atom stereocenters. The third kappa shape index (κ3) is 3.11. The van der Waals surface area contributed by atoms with E-state index >= 15 is 0 Å². The van der Waals surface area contributed by atoms with Gasteiger partial charge in [-0.3, -0.25) is 0 Å². The third-order valence-electron chi connectivity index (χ3n) is 3.53. The number of rotatable bonds is 6. The van der Waals surface area contributed by atoms with Crippen LogP contribution in [0.1, 0.15) is 18.5 Å². The Bertz CT molecular complexity index is 510. The first-order valence-electron chi connectivity index (χ1n) is 6.95. The zero-order valence-electron chi connectivity index (χ0n) is 12.1. The van der Waals surface area contributed by atoms with Gasteiger partial charge in [0.1, 0.15) is 5.75 Å². The van der Waals surface area contributed by atoms with Crippen molar-refractivity contribution in [3.05, 3.63) is 60.2 Å². The Labute approximate surface area is 121 Å². The van der Waals surface area contributed by atoms with Crippen molar-refractivity contribution in [3.8, 4) is 5.75 Å². The summed E-state index contributed by atoms with van der Waals surface area (Å²) in [5, 5.41) is 0. The summed E-state index contributed by atoms with van der Waals surface area (Å²) in [7, 11) is 1.68. The van der Waals surface area contributed by atoms with Gasteiger partial charge >= 0.3 is 0 Å². The maximum absolute atomic E-state index is 6.02. The van der Waals surface area contributed by atoms with E-state index in [1.807, 2.05) is 18.2 Å². The van der Waals surface area contributed by atoms with Gasteiger partial charge in [0.15, 0.2) is 0 Å². The maximum atomic E-state index is 6.02. The van der Waals surface area contributed by atoms with Crippen molar-refractivity contribution in [3.63, 3.8) is 0 Å². The van der Waals surface area contributed by atoms with Crippen LogP contribution in [0.3, 0.4) is 0 Å². The summed E-state index contributed by atoms with van der Waals surface area (Å²) in [5.41, 5.74) is 8.42. The van der Waals surface area contributed by atoms with Crippen molar-refractivity contribution in [1.82, 2.24) is 0 Å². The minimum atomic E-state index is 0.174. The van der Waals surface area contributed by atoms with Crippen molar-refractivity contribution in [2.75, 3.05) is 25.1 Å². The standard InChI is InChI=1S/C17H22N2O/c1-3-19(15-7-5-4-6-8-15)17(13-18)14-9-11-16(20-2)12-10-14/h4-12,17H,3,13,18H2,1-2H3. The maximum Gasteiger partial charge on any atom is 0.118 e. The predicted molar refractivity (Wildman–Crippen MR) is 84.3 cm³/mol. The number of anilines is 1. The van der Waals surface area contributed by atoms with Gasteiger partial charge in [-0.15, -0.1) is 0 Å². The largest absolute Gasteiger partial charge is 0.497 e. The molecule has 2 N–H and O–H groups in total. The van der Waals surface area contributed by atoms with Gasteiger partial charge in [-0.1, -0.05) is 30.3 Å². The molecule has 3 nitrogen and oxygen atoms in total. The molecule has 2 aromatic rings. The van der Waals surface area contributed by atoms with Crippen molar-refractivity contribution < 1.29 is 4.74 Å². The molecule has 20 heavy (non-hydrogen) atoms. The normalized spacial score (nSPS) is 11.9. The van der Waals surface area contributed by atoms with E-state index in [-0.39, 0.29) is 6.04 Å². The van der Waals surface area contributed by atoms with Crippen LogP contribution in [0.15, 0.2) is 54.6 Å². The fourth-order valence-electron chi connectivity index (χ4n) is 2.47. The second-order valence-electron chi connectivity index (χ2n) is 4.65. The molecule has 0 amide bonds. The van der Waals surface area contributed by atoms with Crippen molar-refractivity contribution in [1.29, 1.82) is 0 Å². The van der Waals surface area contributed by atoms with Crippen LogP contribution in [0.2, 0.25) is 0 Å². The Morgan fingerprint density at radius 2 is 1.70 bits per heavy atom. The van der Waals surface area contributed by atoms with Gasteiger partial charge < -0.3 is 15.4 Å². The van der Waals surface area contributed by atoms with E-state index in [1.54, 1.807) is 7.11 Å². The monoisotopic (exact) mass is 270 g/mol. The van der Waals surface area contributed by atoms with Crippen molar-refractivity contribution in [2.24, 2.45) is 5.73 Å². The van der Waals surface area contributed by atoms with E-state index in [0.29, 0.717) is 6.54 Å². The fourth-order valence-corrected chi connectivity index (χ4v) is 2.47. The molecule has 0 bridgehead atoms. The van der Waals surface area contributed by atoms with Gasteiger partial charge in [0.05, 0.1) is 13.2 Å². The molecule has 0 saturated heterocycles. The number of hydrogen-bond acceptors (Lipinski definition) is 3. The minimum absolute atomic E-state index is 0.174. The molecular formula is C17H22N2O. The van der Waals surface area contributed by atoms with E-state index in [0.717, 1.165) is 12.3 Å². The Morgan fingerprint density at radius 1 is 1.05 bits per heavy atom. The van der Waals surface area contributed by atoms with Crippen molar-refractivity contribution in [2.45, 2.75) is 13.0 Å². The minimum Gasteiger partial charge on any atom is -0.497 e. The summed E-state index contributed by atoms with van der Waals surface area (Å²) < 4.78 is 5.21. The third-order valence-corrected chi connectivity index (χ3v) is 3.53. The van der Waals surface area contributed by atoms with Crippen LogP contribution in [0, 0.1) is 0 Å². The Kier molecular flexibility index (Phi) is 5.02. The van der Waals surface area contributed by atoms with Crippen LogP contribution < -0.4 is 15.4 Å². The molecule has 0 aliphatic rings. The summed E-state index contributed by atoms with van der Waals surface area (Å²) in [6, 6.07) is 18.7. The van der Waals surface area contributed by atoms with E-state index < -0.39 is 0 Å². The van der Waals surface area contributed by atoms with Gasteiger partial charge in [-0.2, -0.15) is 0 Å². The molecular weight excluding hydrogens is 248 g/mol. The Hall–Kier alpha value is -2.00. The first kappa shape index (κ1) is 14.4. The number of nitrogens with two attached hydrogens (primary N) is 1. The summed E-state index contributed by atoms with van der Waals surface area (Å²) in [6.07, 6.45) is 0. The Balaban J connectivity index is 2.29. The average molecular weight is 270 g/mol. The number of likely N-dealkylation sites (N-methyl/N-ethyl adjacent to an activating group) is 1. The molecule has 1 unspecified atom stereocenters. The summed E-state index contributed by atoms with van der Waals surface area (Å²) in [6.45, 7) is 3.64. The molecule has 0 heterocycles. The lowest BCUT2D eigenvalue weighted by atomic mass is 10.0. The highest BCUT2D eigenvalue weighted by Crippen LogP contribution is 2.27. The summed E-state index contributed by atoms with van der Waals surface area (Å²) >= 11 is 0. The molecule has 0 spiro atoms.